The predicted molar refractivity (Wildman–Crippen MR) is 135 cm³/mol. The first-order valence-corrected chi connectivity index (χ1v) is 11.4. The van der Waals surface area contributed by atoms with Gasteiger partial charge in [-0.2, -0.15) is 0 Å². The van der Waals surface area contributed by atoms with Crippen LogP contribution in [0.25, 0.3) is 0 Å². The van der Waals surface area contributed by atoms with Crippen LogP contribution in [-0.2, 0) is 30.9 Å². The molecular weight excluding hydrogens is 422 g/mol. The van der Waals surface area contributed by atoms with Crippen LogP contribution in [0.3, 0.4) is 0 Å². The summed E-state index contributed by atoms with van der Waals surface area (Å²) in [5, 5.41) is 0. The van der Waals surface area contributed by atoms with Gasteiger partial charge in [0, 0.05) is 13.1 Å². The maximum Gasteiger partial charge on any atom is 0.227 e. The Labute approximate surface area is 201 Å². The summed E-state index contributed by atoms with van der Waals surface area (Å²) in [5.74, 6) is 1.68. The summed E-state index contributed by atoms with van der Waals surface area (Å²) in [6, 6.07) is 35.8. The maximum absolute atomic E-state index is 13.3. The average molecular weight is 452 g/mol. The minimum absolute atomic E-state index is 0.0819. The molecule has 0 aliphatic rings. The molecule has 4 aromatic rings. The van der Waals surface area contributed by atoms with Gasteiger partial charge in [0.25, 0.3) is 0 Å². The summed E-state index contributed by atoms with van der Waals surface area (Å²) < 4.78 is 11.1. The Morgan fingerprint density at radius 1 is 0.618 bits per heavy atom. The normalized spacial score (nSPS) is 10.5. The Bertz CT molecular complexity index is 1160. The Morgan fingerprint density at radius 2 is 1.12 bits per heavy atom. The third kappa shape index (κ3) is 6.72. The number of carbonyl (C=O) groups is 1. The molecule has 1 amide bonds. The zero-order chi connectivity index (χ0) is 23.6. The van der Waals surface area contributed by atoms with Crippen LogP contribution in [0.15, 0.2) is 109 Å². The molecule has 172 valence electrons. The predicted octanol–water partition coefficient (Wildman–Crippen LogP) is 6.05. The van der Waals surface area contributed by atoms with Gasteiger partial charge in [-0.05, 0) is 46.5 Å². The van der Waals surface area contributed by atoms with Crippen molar-refractivity contribution in [3.63, 3.8) is 0 Å². The van der Waals surface area contributed by atoms with E-state index in [0.717, 1.165) is 33.8 Å². The molecule has 0 spiro atoms. The van der Waals surface area contributed by atoms with Gasteiger partial charge in [-0.25, -0.2) is 0 Å². The summed E-state index contributed by atoms with van der Waals surface area (Å²) in [6.07, 6.45) is 0.342. The van der Waals surface area contributed by atoms with E-state index in [-0.39, 0.29) is 5.91 Å². The number of methoxy groups -OCH3 is 1. The van der Waals surface area contributed by atoms with Crippen LogP contribution in [0.5, 0.6) is 11.5 Å². The average Bonchev–Trinajstić information content (AvgIpc) is 2.89. The van der Waals surface area contributed by atoms with Crippen LogP contribution in [0.2, 0.25) is 0 Å². The maximum atomic E-state index is 13.3. The van der Waals surface area contributed by atoms with Gasteiger partial charge >= 0.3 is 0 Å². The molecule has 0 saturated heterocycles. The van der Waals surface area contributed by atoms with Gasteiger partial charge in [0.15, 0.2) is 0 Å². The molecule has 4 heteroatoms. The Kier molecular flexibility index (Phi) is 7.96. The topological polar surface area (TPSA) is 38.8 Å². The number of ether oxygens (including phenoxy) is 2. The molecule has 0 radical (unpaired) electrons. The first-order chi connectivity index (χ1) is 16.7. The molecule has 0 aromatic heterocycles. The minimum atomic E-state index is 0.0819. The van der Waals surface area contributed by atoms with Crippen molar-refractivity contribution in [2.75, 3.05) is 7.11 Å². The van der Waals surface area contributed by atoms with Crippen LogP contribution in [-0.4, -0.2) is 17.9 Å². The lowest BCUT2D eigenvalue weighted by molar-refractivity contribution is -0.131. The monoisotopic (exact) mass is 451 g/mol. The summed E-state index contributed by atoms with van der Waals surface area (Å²) in [7, 11) is 1.64. The molecule has 0 atom stereocenters. The molecule has 0 aliphatic heterocycles. The highest BCUT2D eigenvalue weighted by Crippen LogP contribution is 2.18. The molecule has 0 unspecified atom stereocenters. The van der Waals surface area contributed by atoms with E-state index in [9.17, 15) is 4.79 Å². The van der Waals surface area contributed by atoms with Gasteiger partial charge in [-0.15, -0.1) is 0 Å². The molecule has 0 heterocycles. The number of benzene rings is 4. The molecule has 0 saturated carbocycles. The van der Waals surface area contributed by atoms with Crippen molar-refractivity contribution >= 4 is 5.91 Å². The number of amides is 1. The van der Waals surface area contributed by atoms with Crippen LogP contribution >= 0.6 is 0 Å². The zero-order valence-electron chi connectivity index (χ0n) is 19.4. The Morgan fingerprint density at radius 3 is 1.71 bits per heavy atom. The molecule has 0 N–H and O–H groups in total. The van der Waals surface area contributed by atoms with Gasteiger partial charge in [0.2, 0.25) is 5.91 Å². The second-order valence-corrected chi connectivity index (χ2v) is 8.18. The number of carbonyl (C=O) groups excluding carboxylic acids is 1. The van der Waals surface area contributed by atoms with Crippen molar-refractivity contribution in [1.82, 2.24) is 4.90 Å². The fraction of sp³-hybridized carbons (Fsp3) is 0.167. The van der Waals surface area contributed by atoms with Gasteiger partial charge in [-0.3, -0.25) is 4.79 Å². The van der Waals surface area contributed by atoms with E-state index >= 15 is 0 Å². The second-order valence-electron chi connectivity index (χ2n) is 8.18. The summed E-state index contributed by atoms with van der Waals surface area (Å²) in [4.78, 5) is 15.2. The minimum Gasteiger partial charge on any atom is -0.497 e. The molecule has 34 heavy (non-hydrogen) atoms. The van der Waals surface area contributed by atoms with Gasteiger partial charge < -0.3 is 14.4 Å². The largest absolute Gasteiger partial charge is 0.497 e. The Hall–Kier alpha value is -4.05. The highest BCUT2D eigenvalue weighted by atomic mass is 16.5. The van der Waals surface area contributed by atoms with Crippen LogP contribution in [0.4, 0.5) is 0 Å². The van der Waals surface area contributed by atoms with Crippen LogP contribution < -0.4 is 9.47 Å². The smallest absolute Gasteiger partial charge is 0.227 e. The molecule has 4 aromatic carbocycles. The third-order valence-electron chi connectivity index (χ3n) is 5.63. The molecule has 0 fully saturated rings. The lowest BCUT2D eigenvalue weighted by Gasteiger charge is -2.23. The zero-order valence-corrected chi connectivity index (χ0v) is 19.4. The van der Waals surface area contributed by atoms with Crippen molar-refractivity contribution in [2.24, 2.45) is 0 Å². The van der Waals surface area contributed by atoms with E-state index in [1.165, 1.54) is 0 Å². The molecule has 0 aliphatic carbocycles. The molecule has 4 nitrogen and oxygen atoms in total. The van der Waals surface area contributed by atoms with Crippen molar-refractivity contribution in [2.45, 2.75) is 26.1 Å². The fourth-order valence-corrected chi connectivity index (χ4v) is 3.72. The number of hydrogen-bond acceptors (Lipinski definition) is 3. The summed E-state index contributed by atoms with van der Waals surface area (Å²) in [5.41, 5.74) is 4.26. The second kappa shape index (κ2) is 11.7. The van der Waals surface area contributed by atoms with E-state index in [1.807, 2.05) is 114 Å². The van der Waals surface area contributed by atoms with E-state index in [0.29, 0.717) is 26.1 Å². The van der Waals surface area contributed by atoms with Gasteiger partial charge in [0.05, 0.1) is 13.5 Å². The molecule has 4 rings (SSSR count). The quantitative estimate of drug-likeness (QED) is 0.295. The van der Waals surface area contributed by atoms with Crippen molar-refractivity contribution in [3.05, 3.63) is 131 Å². The first-order valence-electron chi connectivity index (χ1n) is 11.4. The van der Waals surface area contributed by atoms with Gasteiger partial charge in [0.1, 0.15) is 18.1 Å². The van der Waals surface area contributed by atoms with E-state index in [2.05, 4.69) is 0 Å². The number of rotatable bonds is 10. The first kappa shape index (κ1) is 23.1. The highest BCUT2D eigenvalue weighted by molar-refractivity contribution is 5.78. The van der Waals surface area contributed by atoms with Crippen LogP contribution in [0, 0.1) is 0 Å². The SMILES string of the molecule is COc1ccc(CC(=O)N(Cc2ccccc2)Cc2ccc(OCc3ccccc3)cc2)cc1. The molecular formula is C30H29NO3. The lowest BCUT2D eigenvalue weighted by Crippen LogP contribution is -2.31. The summed E-state index contributed by atoms with van der Waals surface area (Å²) in [6.45, 7) is 1.62. The van der Waals surface area contributed by atoms with Crippen LogP contribution in [0.1, 0.15) is 22.3 Å². The number of hydrogen-bond donors (Lipinski definition) is 0. The van der Waals surface area contributed by atoms with E-state index in [4.69, 9.17) is 9.47 Å². The number of nitrogens with zero attached hydrogens (tertiary/aromatic N) is 1. The highest BCUT2D eigenvalue weighted by Gasteiger charge is 2.16. The molecule has 0 bridgehead atoms. The summed E-state index contributed by atoms with van der Waals surface area (Å²) >= 11 is 0. The van der Waals surface area contributed by atoms with Crippen molar-refractivity contribution in [3.8, 4) is 11.5 Å². The standard InChI is InChI=1S/C30H29NO3/c1-33-28-16-12-24(13-17-28)20-30(32)31(21-25-8-4-2-5-9-25)22-26-14-18-29(19-15-26)34-23-27-10-6-3-7-11-27/h2-19H,20-23H2,1H3. The van der Waals surface area contributed by atoms with E-state index < -0.39 is 0 Å². The van der Waals surface area contributed by atoms with Crippen molar-refractivity contribution in [1.29, 1.82) is 0 Å². The third-order valence-corrected chi connectivity index (χ3v) is 5.63. The fourth-order valence-electron chi connectivity index (χ4n) is 3.72. The lowest BCUT2D eigenvalue weighted by atomic mass is 10.1. The Balaban J connectivity index is 1.43. The van der Waals surface area contributed by atoms with Gasteiger partial charge in [-0.1, -0.05) is 84.9 Å². The van der Waals surface area contributed by atoms with E-state index in [1.54, 1.807) is 7.11 Å². The van der Waals surface area contributed by atoms with Crippen molar-refractivity contribution < 1.29 is 14.3 Å².